The smallest absolute Gasteiger partial charge is 0.397 e. The van der Waals surface area contributed by atoms with Crippen molar-refractivity contribution in [3.8, 4) is 0 Å². The van der Waals surface area contributed by atoms with Gasteiger partial charge in [0, 0.05) is 22.9 Å². The fourth-order valence-electron chi connectivity index (χ4n) is 3.16. The Balaban J connectivity index is 2.02. The van der Waals surface area contributed by atoms with Gasteiger partial charge in [0.05, 0.1) is 12.6 Å². The Hall–Kier alpha value is -2.68. The molecule has 1 aromatic carbocycles. The number of aryl methyl sites for hydroxylation is 1. The van der Waals surface area contributed by atoms with E-state index in [0.29, 0.717) is 5.58 Å². The number of hydrogen-bond acceptors (Lipinski definition) is 6. The van der Waals surface area contributed by atoms with Gasteiger partial charge in [0.25, 0.3) is 5.56 Å². The van der Waals surface area contributed by atoms with E-state index in [2.05, 4.69) is 25.7 Å². The van der Waals surface area contributed by atoms with E-state index in [1.165, 1.54) is 7.05 Å². The lowest BCUT2D eigenvalue weighted by molar-refractivity contribution is -0.151. The summed E-state index contributed by atoms with van der Waals surface area (Å²) in [4.78, 5) is 41.8. The topological polar surface area (TPSA) is 94.6 Å². The number of oxazole rings is 1. The van der Waals surface area contributed by atoms with Gasteiger partial charge in [-0.05, 0) is 37.5 Å². The van der Waals surface area contributed by atoms with Crippen LogP contribution in [0.3, 0.4) is 0 Å². The van der Waals surface area contributed by atoms with Crippen molar-refractivity contribution in [2.24, 2.45) is 0 Å². The number of ether oxygens (including phenoxy) is 1. The maximum Gasteiger partial charge on any atom is 0.397 e. The van der Waals surface area contributed by atoms with Crippen LogP contribution in [0.5, 0.6) is 0 Å². The van der Waals surface area contributed by atoms with E-state index in [4.69, 9.17) is 4.42 Å². The third-order valence-corrected chi connectivity index (χ3v) is 5.61. The number of rotatable bonds is 2. The third-order valence-electron chi connectivity index (χ3n) is 4.75. The summed E-state index contributed by atoms with van der Waals surface area (Å²) < 4.78 is 12.8. The number of methoxy groups -OCH3 is 1. The Kier molecular flexibility index (Phi) is 4.06. The summed E-state index contributed by atoms with van der Waals surface area (Å²) in [5.41, 5.74) is 1.87. The lowest BCUT2D eigenvalue weighted by Crippen LogP contribution is -2.34. The van der Waals surface area contributed by atoms with Crippen LogP contribution in [0.4, 0.5) is 6.01 Å². The van der Waals surface area contributed by atoms with Gasteiger partial charge in [-0.1, -0.05) is 15.9 Å². The highest BCUT2D eigenvalue weighted by molar-refractivity contribution is 9.10. The van der Waals surface area contributed by atoms with Crippen LogP contribution < -0.4 is 10.5 Å². The van der Waals surface area contributed by atoms with E-state index in [1.807, 2.05) is 19.1 Å². The number of nitrogens with zero attached hydrogens (tertiary/aromatic N) is 3. The molecule has 0 atom stereocenters. The molecule has 2 aromatic heterocycles. The first-order chi connectivity index (χ1) is 12.8. The van der Waals surface area contributed by atoms with E-state index in [0.717, 1.165) is 45.8 Å². The van der Waals surface area contributed by atoms with Crippen molar-refractivity contribution in [1.82, 2.24) is 9.55 Å². The van der Waals surface area contributed by atoms with Gasteiger partial charge >= 0.3 is 17.9 Å². The Morgan fingerprint density at radius 2 is 2.07 bits per heavy atom. The predicted octanol–water partition coefficient (Wildman–Crippen LogP) is 2.68. The molecule has 8 nitrogen and oxygen atoms in total. The average molecular weight is 434 g/mol. The van der Waals surface area contributed by atoms with E-state index < -0.39 is 11.9 Å². The van der Waals surface area contributed by atoms with Gasteiger partial charge in [-0.3, -0.25) is 14.5 Å². The predicted molar refractivity (Wildman–Crippen MR) is 102 cm³/mol. The molecule has 0 N–H and O–H groups in total. The van der Waals surface area contributed by atoms with Gasteiger partial charge in [-0.25, -0.2) is 4.79 Å². The van der Waals surface area contributed by atoms with Gasteiger partial charge in [0.15, 0.2) is 11.1 Å². The number of esters is 1. The molecule has 0 saturated heterocycles. The minimum atomic E-state index is -1.04. The highest BCUT2D eigenvalue weighted by Gasteiger charge is 2.31. The molecule has 0 radical (unpaired) electrons. The van der Waals surface area contributed by atoms with Crippen LogP contribution in [-0.2, 0) is 14.3 Å². The van der Waals surface area contributed by atoms with Crippen molar-refractivity contribution in [1.29, 1.82) is 0 Å². The molecule has 2 heterocycles. The Labute approximate surface area is 161 Å². The largest absolute Gasteiger partial charge is 0.462 e. The standard InChI is InChI=1S/C18H16BrN3O5/c1-8-11(19)7-6-10-13(8)22(9-4-5-9)15(23)12-14(10)27-18(20-12)21(2)16(24)17(25)26-3/h6-7,9H,4-5H2,1-3H3. The molecule has 0 bridgehead atoms. The third kappa shape index (κ3) is 2.64. The van der Waals surface area contributed by atoms with E-state index >= 15 is 0 Å². The average Bonchev–Trinajstić information content (AvgIpc) is 3.40. The van der Waals surface area contributed by atoms with Gasteiger partial charge in [-0.15, -0.1) is 0 Å². The highest BCUT2D eigenvalue weighted by atomic mass is 79.9. The van der Waals surface area contributed by atoms with Crippen LogP contribution in [0.2, 0.25) is 0 Å². The quantitative estimate of drug-likeness (QED) is 0.455. The number of pyridine rings is 1. The molecule has 1 aliphatic rings. The van der Waals surface area contributed by atoms with Gasteiger partial charge in [0.2, 0.25) is 0 Å². The zero-order valence-electron chi connectivity index (χ0n) is 14.9. The molecule has 140 valence electrons. The zero-order valence-corrected chi connectivity index (χ0v) is 16.5. The first-order valence-electron chi connectivity index (χ1n) is 8.35. The van der Waals surface area contributed by atoms with E-state index in [9.17, 15) is 14.4 Å². The number of amides is 1. The second-order valence-corrected chi connectivity index (χ2v) is 7.36. The summed E-state index contributed by atoms with van der Waals surface area (Å²) >= 11 is 3.51. The zero-order chi connectivity index (χ0) is 19.5. The molecule has 1 saturated carbocycles. The number of carbonyl (C=O) groups excluding carboxylic acids is 2. The van der Waals surface area contributed by atoms with Gasteiger partial charge < -0.3 is 13.7 Å². The molecule has 0 aliphatic heterocycles. The Bertz CT molecular complexity index is 1180. The lowest BCUT2D eigenvalue weighted by atomic mass is 10.1. The normalized spacial score (nSPS) is 13.9. The Morgan fingerprint density at radius 1 is 1.37 bits per heavy atom. The molecular weight excluding hydrogens is 418 g/mol. The number of hydrogen-bond donors (Lipinski definition) is 0. The van der Waals surface area contributed by atoms with Crippen LogP contribution in [-0.4, -0.2) is 35.6 Å². The molecule has 0 unspecified atom stereocenters. The number of carbonyl (C=O) groups is 2. The second kappa shape index (κ2) is 6.19. The molecule has 9 heteroatoms. The maximum absolute atomic E-state index is 13.1. The number of fused-ring (bicyclic) bond motifs is 3. The molecule has 27 heavy (non-hydrogen) atoms. The van der Waals surface area contributed by atoms with Gasteiger partial charge in [-0.2, -0.15) is 4.98 Å². The van der Waals surface area contributed by atoms with Crippen LogP contribution in [0.1, 0.15) is 24.4 Å². The Morgan fingerprint density at radius 3 is 2.70 bits per heavy atom. The first kappa shape index (κ1) is 17.7. The number of anilines is 1. The summed E-state index contributed by atoms with van der Waals surface area (Å²) in [7, 11) is 2.45. The van der Waals surface area contributed by atoms with Crippen molar-refractivity contribution in [2.45, 2.75) is 25.8 Å². The van der Waals surface area contributed by atoms with Crippen molar-refractivity contribution in [3.05, 3.63) is 32.5 Å². The summed E-state index contributed by atoms with van der Waals surface area (Å²) in [5.74, 6) is -1.98. The second-order valence-electron chi connectivity index (χ2n) is 6.50. The van der Waals surface area contributed by atoms with Crippen LogP contribution in [0.25, 0.3) is 22.0 Å². The number of likely N-dealkylation sites (N-methyl/N-ethyl adjacent to an activating group) is 1. The van der Waals surface area contributed by atoms with Crippen LogP contribution >= 0.6 is 15.9 Å². The van der Waals surface area contributed by atoms with Crippen molar-refractivity contribution < 1.29 is 18.7 Å². The van der Waals surface area contributed by atoms with Crippen molar-refractivity contribution in [3.63, 3.8) is 0 Å². The van der Waals surface area contributed by atoms with Crippen molar-refractivity contribution >= 4 is 55.8 Å². The molecule has 0 spiro atoms. The van der Waals surface area contributed by atoms with Crippen LogP contribution in [0.15, 0.2) is 25.8 Å². The fraction of sp³-hybridized carbons (Fsp3) is 0.333. The summed E-state index contributed by atoms with van der Waals surface area (Å²) in [6.45, 7) is 1.93. The number of benzene rings is 1. The minimum absolute atomic E-state index is 0.131. The molecule has 3 aromatic rings. The number of aromatic nitrogens is 2. The maximum atomic E-state index is 13.1. The monoisotopic (exact) mass is 433 g/mol. The minimum Gasteiger partial charge on any atom is -0.462 e. The van der Waals surface area contributed by atoms with Crippen LogP contribution in [0, 0.1) is 6.92 Å². The molecule has 1 aliphatic carbocycles. The van der Waals surface area contributed by atoms with E-state index in [1.54, 1.807) is 4.57 Å². The molecular formula is C18H16BrN3O5. The summed E-state index contributed by atoms with van der Waals surface area (Å²) in [6.07, 6.45) is 1.86. The van der Waals surface area contributed by atoms with E-state index in [-0.39, 0.29) is 23.1 Å². The SMILES string of the molecule is COC(=O)C(=O)N(C)c1nc2c(=O)n(C3CC3)c3c(C)c(Br)ccc3c2o1. The lowest BCUT2D eigenvalue weighted by Gasteiger charge is -2.12. The molecule has 1 amide bonds. The van der Waals surface area contributed by atoms with Crippen molar-refractivity contribution in [2.75, 3.05) is 19.1 Å². The summed E-state index contributed by atoms with van der Waals surface area (Å²) in [5, 5.41) is 0.731. The fourth-order valence-corrected chi connectivity index (χ4v) is 3.48. The summed E-state index contributed by atoms with van der Waals surface area (Å²) in [6, 6.07) is 3.73. The first-order valence-corrected chi connectivity index (χ1v) is 9.14. The number of halogens is 1. The molecule has 1 fully saturated rings. The van der Waals surface area contributed by atoms with Gasteiger partial charge in [0.1, 0.15) is 0 Å². The molecule has 4 rings (SSSR count). The highest BCUT2D eigenvalue weighted by Crippen LogP contribution is 2.40.